The Kier molecular flexibility index (Phi) is 8.03. The molecular formula is C23H16Br2ClF3N2S. The van der Waals surface area contributed by atoms with Crippen molar-refractivity contribution in [3.8, 4) is 11.3 Å². The second kappa shape index (κ2) is 10.4. The Balaban J connectivity index is 0.00000289. The number of hydrogen-bond acceptors (Lipinski definition) is 2. The van der Waals surface area contributed by atoms with E-state index in [4.69, 9.17) is 11.6 Å². The van der Waals surface area contributed by atoms with Gasteiger partial charge in [0, 0.05) is 14.9 Å². The standard InChI is InChI=1S/C23H15BrClF3N2S.BrH/c24-18-8-6-16(7-9-18)21-14-31-22(30(21)13-15-4-10-19(25)11-5-15)29-20-3-1-2-17(12-20)23(26,27)28;/h1-12,14H,13H2;1H. The van der Waals surface area contributed by atoms with E-state index >= 15 is 0 Å². The van der Waals surface area contributed by atoms with Crippen LogP contribution in [0.5, 0.6) is 0 Å². The van der Waals surface area contributed by atoms with E-state index in [1.165, 1.54) is 17.4 Å². The quantitative estimate of drug-likeness (QED) is 0.222. The summed E-state index contributed by atoms with van der Waals surface area (Å²) in [5, 5.41) is 2.60. The monoisotopic (exact) mass is 602 g/mol. The molecule has 1 aromatic heterocycles. The number of halogens is 6. The lowest BCUT2D eigenvalue weighted by molar-refractivity contribution is -0.137. The summed E-state index contributed by atoms with van der Waals surface area (Å²) in [4.78, 5) is 5.14. The van der Waals surface area contributed by atoms with Gasteiger partial charge < -0.3 is 4.57 Å². The van der Waals surface area contributed by atoms with E-state index in [1.807, 2.05) is 58.5 Å². The zero-order chi connectivity index (χ0) is 22.0. The Bertz CT molecular complexity index is 1260. The molecule has 0 radical (unpaired) electrons. The van der Waals surface area contributed by atoms with Crippen LogP contribution in [0.3, 0.4) is 0 Å². The largest absolute Gasteiger partial charge is 0.416 e. The summed E-state index contributed by atoms with van der Waals surface area (Å²) in [6.07, 6.45) is -4.41. The Labute approximate surface area is 210 Å². The van der Waals surface area contributed by atoms with E-state index in [1.54, 1.807) is 6.07 Å². The van der Waals surface area contributed by atoms with Crippen molar-refractivity contribution >= 4 is 61.5 Å². The van der Waals surface area contributed by atoms with Gasteiger partial charge in [-0.3, -0.25) is 0 Å². The van der Waals surface area contributed by atoms with Crippen molar-refractivity contribution in [2.24, 2.45) is 4.99 Å². The molecule has 0 saturated heterocycles. The fraction of sp³-hybridized carbons (Fsp3) is 0.0870. The summed E-state index contributed by atoms with van der Waals surface area (Å²) in [5.74, 6) is 0. The molecule has 0 aliphatic rings. The van der Waals surface area contributed by atoms with Crippen LogP contribution in [-0.2, 0) is 12.7 Å². The molecular weight excluding hydrogens is 589 g/mol. The number of hydrogen-bond donors (Lipinski definition) is 0. The van der Waals surface area contributed by atoms with Gasteiger partial charge in [0.1, 0.15) is 0 Å². The summed E-state index contributed by atoms with van der Waals surface area (Å²) in [7, 11) is 0. The molecule has 0 bridgehead atoms. The summed E-state index contributed by atoms with van der Waals surface area (Å²) >= 11 is 10.8. The van der Waals surface area contributed by atoms with Crippen LogP contribution in [0.2, 0.25) is 5.02 Å². The van der Waals surface area contributed by atoms with E-state index in [-0.39, 0.29) is 22.7 Å². The second-order valence-corrected chi connectivity index (χ2v) is 8.97. The van der Waals surface area contributed by atoms with Gasteiger partial charge in [-0.15, -0.1) is 28.3 Å². The van der Waals surface area contributed by atoms with Crippen molar-refractivity contribution in [3.05, 3.63) is 104 Å². The molecule has 0 aliphatic carbocycles. The minimum absolute atomic E-state index is 0. The SMILES string of the molecule is Br.FC(F)(F)c1cccc(N=c2scc(-c3ccc(Br)cc3)n2Cc2ccc(Cl)cc2)c1. The van der Waals surface area contributed by atoms with Crippen LogP contribution in [0, 0.1) is 0 Å². The smallest absolute Gasteiger partial charge is 0.312 e. The zero-order valence-corrected chi connectivity index (χ0v) is 21.2. The van der Waals surface area contributed by atoms with Crippen LogP contribution in [0.25, 0.3) is 11.3 Å². The van der Waals surface area contributed by atoms with E-state index in [9.17, 15) is 13.2 Å². The van der Waals surface area contributed by atoms with Crippen molar-refractivity contribution in [1.82, 2.24) is 4.57 Å². The number of nitrogens with zero attached hydrogens (tertiary/aromatic N) is 2. The number of thiazole rings is 1. The van der Waals surface area contributed by atoms with E-state index < -0.39 is 11.7 Å². The third-order valence-corrected chi connectivity index (χ3v) is 6.23. The lowest BCUT2D eigenvalue weighted by Gasteiger charge is -2.10. The Morgan fingerprint density at radius 2 is 1.66 bits per heavy atom. The molecule has 0 spiro atoms. The summed E-state index contributed by atoms with van der Waals surface area (Å²) in [6, 6.07) is 20.4. The Morgan fingerprint density at radius 3 is 2.31 bits per heavy atom. The Hall–Kier alpha value is -1.87. The van der Waals surface area contributed by atoms with Gasteiger partial charge in [-0.1, -0.05) is 57.9 Å². The highest BCUT2D eigenvalue weighted by Gasteiger charge is 2.30. The average Bonchev–Trinajstić information content (AvgIpc) is 3.12. The fourth-order valence-electron chi connectivity index (χ4n) is 3.06. The minimum atomic E-state index is -4.41. The maximum absolute atomic E-state index is 13.1. The van der Waals surface area contributed by atoms with E-state index in [0.29, 0.717) is 16.4 Å². The van der Waals surface area contributed by atoms with Gasteiger partial charge in [-0.2, -0.15) is 13.2 Å². The molecule has 1 heterocycles. The molecule has 0 saturated carbocycles. The molecule has 9 heteroatoms. The van der Waals surface area contributed by atoms with Gasteiger partial charge in [-0.25, -0.2) is 4.99 Å². The van der Waals surface area contributed by atoms with Crippen molar-refractivity contribution in [1.29, 1.82) is 0 Å². The topological polar surface area (TPSA) is 17.3 Å². The fourth-order valence-corrected chi connectivity index (χ4v) is 4.38. The van der Waals surface area contributed by atoms with E-state index in [2.05, 4.69) is 20.9 Å². The van der Waals surface area contributed by atoms with Gasteiger partial charge in [0.25, 0.3) is 0 Å². The van der Waals surface area contributed by atoms with Crippen molar-refractivity contribution in [2.75, 3.05) is 0 Å². The summed E-state index contributed by atoms with van der Waals surface area (Å²) < 4.78 is 42.3. The van der Waals surface area contributed by atoms with Crippen LogP contribution in [0.1, 0.15) is 11.1 Å². The predicted molar refractivity (Wildman–Crippen MR) is 133 cm³/mol. The van der Waals surface area contributed by atoms with Crippen LogP contribution in [0.4, 0.5) is 18.9 Å². The Morgan fingerprint density at radius 1 is 0.969 bits per heavy atom. The number of alkyl halides is 3. The first-order valence-electron chi connectivity index (χ1n) is 9.20. The molecule has 3 aromatic carbocycles. The number of benzene rings is 3. The third-order valence-electron chi connectivity index (χ3n) is 4.59. The van der Waals surface area contributed by atoms with Crippen molar-refractivity contribution in [2.45, 2.75) is 12.7 Å². The highest BCUT2D eigenvalue weighted by atomic mass is 79.9. The maximum atomic E-state index is 13.1. The average molecular weight is 605 g/mol. The van der Waals surface area contributed by atoms with Gasteiger partial charge in [0.05, 0.1) is 23.5 Å². The van der Waals surface area contributed by atoms with Gasteiger partial charge in [-0.05, 0) is 53.6 Å². The lowest BCUT2D eigenvalue weighted by atomic mass is 10.1. The predicted octanol–water partition coefficient (Wildman–Crippen LogP) is 8.51. The van der Waals surface area contributed by atoms with E-state index in [0.717, 1.165) is 33.4 Å². The highest BCUT2D eigenvalue weighted by Crippen LogP contribution is 2.31. The minimum Gasteiger partial charge on any atom is -0.312 e. The second-order valence-electron chi connectivity index (χ2n) is 6.78. The third kappa shape index (κ3) is 5.92. The molecule has 4 rings (SSSR count). The van der Waals surface area contributed by atoms with Crippen LogP contribution in [-0.4, -0.2) is 4.57 Å². The van der Waals surface area contributed by atoms with Gasteiger partial charge in [0.15, 0.2) is 4.80 Å². The molecule has 0 fully saturated rings. The molecule has 2 nitrogen and oxygen atoms in total. The number of rotatable bonds is 4. The molecule has 0 N–H and O–H groups in total. The first kappa shape index (κ1) is 24.8. The molecule has 0 aliphatic heterocycles. The molecule has 0 amide bonds. The zero-order valence-electron chi connectivity index (χ0n) is 16.3. The van der Waals surface area contributed by atoms with Gasteiger partial charge in [0.2, 0.25) is 0 Å². The normalized spacial score (nSPS) is 12.0. The molecule has 0 atom stereocenters. The molecule has 0 unspecified atom stereocenters. The van der Waals surface area contributed by atoms with Crippen LogP contribution in [0.15, 0.2) is 87.6 Å². The molecule has 166 valence electrons. The summed E-state index contributed by atoms with van der Waals surface area (Å²) in [6.45, 7) is 0.504. The highest BCUT2D eigenvalue weighted by molar-refractivity contribution is 9.10. The van der Waals surface area contributed by atoms with Crippen LogP contribution >= 0.6 is 55.8 Å². The molecule has 32 heavy (non-hydrogen) atoms. The molecule has 4 aromatic rings. The van der Waals surface area contributed by atoms with Crippen molar-refractivity contribution < 1.29 is 13.2 Å². The first-order chi connectivity index (χ1) is 14.8. The summed E-state index contributed by atoms with van der Waals surface area (Å²) in [5.41, 5.74) is 2.45. The van der Waals surface area contributed by atoms with Gasteiger partial charge >= 0.3 is 6.18 Å². The number of aromatic nitrogens is 1. The van der Waals surface area contributed by atoms with Crippen LogP contribution < -0.4 is 4.80 Å². The van der Waals surface area contributed by atoms with Crippen molar-refractivity contribution in [3.63, 3.8) is 0 Å². The maximum Gasteiger partial charge on any atom is 0.416 e. The lowest BCUT2D eigenvalue weighted by Crippen LogP contribution is -2.16. The first-order valence-corrected chi connectivity index (χ1v) is 11.3.